The molecule has 4 aromatic rings. The van der Waals surface area contributed by atoms with Crippen molar-refractivity contribution in [2.45, 2.75) is 0 Å². The van der Waals surface area contributed by atoms with Crippen molar-refractivity contribution in [2.24, 2.45) is 5.10 Å². The summed E-state index contributed by atoms with van der Waals surface area (Å²) in [6, 6.07) is 20.7. The zero-order valence-corrected chi connectivity index (χ0v) is 21.0. The molecule has 0 bridgehead atoms. The van der Waals surface area contributed by atoms with Crippen LogP contribution in [-0.2, 0) is 0 Å². The third-order valence-electron chi connectivity index (χ3n) is 5.48. The second kappa shape index (κ2) is 11.5. The fourth-order valence-corrected chi connectivity index (χ4v) is 3.90. The lowest BCUT2D eigenvalue weighted by molar-refractivity contribution is 0.0733. The van der Waals surface area contributed by atoms with E-state index in [2.05, 4.69) is 10.5 Å². The largest absolute Gasteiger partial charge is 0.493 e. The van der Waals surface area contributed by atoms with Gasteiger partial charge in [-0.1, -0.05) is 48.0 Å². The molecule has 0 heterocycles. The number of carbonyl (C=O) groups excluding carboxylic acids is 2. The van der Waals surface area contributed by atoms with Crippen molar-refractivity contribution in [3.8, 4) is 23.0 Å². The Morgan fingerprint density at radius 2 is 1.54 bits per heavy atom. The van der Waals surface area contributed by atoms with Gasteiger partial charge < -0.3 is 18.9 Å². The fourth-order valence-electron chi connectivity index (χ4n) is 3.71. The van der Waals surface area contributed by atoms with Gasteiger partial charge in [-0.3, -0.25) is 4.79 Å². The van der Waals surface area contributed by atoms with Crippen molar-refractivity contribution in [3.63, 3.8) is 0 Å². The minimum atomic E-state index is -0.670. The van der Waals surface area contributed by atoms with Crippen molar-refractivity contribution in [1.29, 1.82) is 0 Å². The number of hydrogen-bond acceptors (Lipinski definition) is 7. The molecular weight excluding hydrogens is 496 g/mol. The van der Waals surface area contributed by atoms with Crippen LogP contribution < -0.4 is 24.4 Å². The summed E-state index contributed by atoms with van der Waals surface area (Å²) in [6.07, 6.45) is 1.35. The van der Waals surface area contributed by atoms with E-state index in [1.54, 1.807) is 24.3 Å². The highest BCUT2D eigenvalue weighted by atomic mass is 35.5. The second-order valence-electron chi connectivity index (χ2n) is 7.71. The minimum absolute atomic E-state index is 0.177. The van der Waals surface area contributed by atoms with Crippen LogP contribution in [0.1, 0.15) is 26.3 Å². The number of hydrogen-bond donors (Lipinski definition) is 1. The number of esters is 1. The SMILES string of the molecule is COc1cc(C(=O)Oc2ccc(Cl)cc2/C=N/NC(=O)c2cccc3ccccc23)cc(OC)c1OC. The lowest BCUT2D eigenvalue weighted by atomic mass is 10.0. The number of nitrogens with zero attached hydrogens (tertiary/aromatic N) is 1. The summed E-state index contributed by atoms with van der Waals surface area (Å²) in [7, 11) is 4.37. The molecule has 1 amide bonds. The van der Waals surface area contributed by atoms with Crippen molar-refractivity contribution < 1.29 is 28.5 Å². The molecule has 0 spiro atoms. The van der Waals surface area contributed by atoms with Crippen LogP contribution in [0.3, 0.4) is 0 Å². The highest BCUT2D eigenvalue weighted by Gasteiger charge is 2.19. The van der Waals surface area contributed by atoms with Crippen molar-refractivity contribution in [3.05, 3.63) is 94.5 Å². The van der Waals surface area contributed by atoms with E-state index >= 15 is 0 Å². The lowest BCUT2D eigenvalue weighted by Gasteiger charge is -2.14. The Bertz CT molecular complexity index is 1470. The van der Waals surface area contributed by atoms with E-state index in [0.717, 1.165) is 10.8 Å². The highest BCUT2D eigenvalue weighted by Crippen LogP contribution is 2.38. The average Bonchev–Trinajstić information content (AvgIpc) is 2.92. The molecule has 1 N–H and O–H groups in total. The van der Waals surface area contributed by atoms with Crippen LogP contribution in [0.4, 0.5) is 0 Å². The molecule has 0 fully saturated rings. The first-order valence-corrected chi connectivity index (χ1v) is 11.5. The van der Waals surface area contributed by atoms with E-state index in [1.165, 1.54) is 45.7 Å². The molecular formula is C28H23ClN2O6. The first-order chi connectivity index (χ1) is 17.9. The van der Waals surface area contributed by atoms with Crippen LogP contribution in [0.2, 0.25) is 5.02 Å². The summed E-state index contributed by atoms with van der Waals surface area (Å²) in [5.41, 5.74) is 3.55. The summed E-state index contributed by atoms with van der Waals surface area (Å²) >= 11 is 6.15. The van der Waals surface area contributed by atoms with Gasteiger partial charge in [-0.05, 0) is 47.2 Å². The Morgan fingerprint density at radius 1 is 0.838 bits per heavy atom. The third kappa shape index (κ3) is 5.65. The van der Waals surface area contributed by atoms with Gasteiger partial charge >= 0.3 is 5.97 Å². The molecule has 4 aromatic carbocycles. The molecule has 0 aliphatic heterocycles. The molecule has 9 heteroatoms. The summed E-state index contributed by atoms with van der Waals surface area (Å²) in [6.45, 7) is 0. The van der Waals surface area contributed by atoms with Gasteiger partial charge in [0.15, 0.2) is 11.5 Å². The van der Waals surface area contributed by atoms with Crippen LogP contribution in [0.5, 0.6) is 23.0 Å². The van der Waals surface area contributed by atoms with Gasteiger partial charge in [0.1, 0.15) is 5.75 Å². The number of rotatable bonds is 8. The Hall–Kier alpha value is -4.56. The number of benzene rings is 4. The molecule has 0 saturated carbocycles. The van der Waals surface area contributed by atoms with E-state index in [9.17, 15) is 9.59 Å². The van der Waals surface area contributed by atoms with Crippen molar-refractivity contribution in [2.75, 3.05) is 21.3 Å². The molecule has 0 radical (unpaired) electrons. The minimum Gasteiger partial charge on any atom is -0.493 e. The van der Waals surface area contributed by atoms with Gasteiger partial charge in [-0.2, -0.15) is 5.10 Å². The Kier molecular flexibility index (Phi) is 7.90. The monoisotopic (exact) mass is 518 g/mol. The van der Waals surface area contributed by atoms with Gasteiger partial charge in [-0.15, -0.1) is 0 Å². The standard InChI is InChI=1S/C28H23ClN2O6/c1-34-24-14-18(15-25(35-2)26(24)36-3)28(33)37-23-12-11-20(29)13-19(23)16-30-31-27(32)22-10-6-8-17-7-4-5-9-21(17)22/h4-16H,1-3H3,(H,31,32)/b30-16+. The van der Waals surface area contributed by atoms with Crippen LogP contribution in [0.25, 0.3) is 10.8 Å². The lowest BCUT2D eigenvalue weighted by Crippen LogP contribution is -2.18. The maximum atomic E-state index is 13.0. The molecule has 0 aliphatic carbocycles. The summed E-state index contributed by atoms with van der Waals surface area (Å²) < 4.78 is 21.5. The summed E-state index contributed by atoms with van der Waals surface area (Å²) in [4.78, 5) is 25.7. The number of halogens is 1. The van der Waals surface area contributed by atoms with E-state index < -0.39 is 5.97 Å². The van der Waals surface area contributed by atoms with Gasteiger partial charge in [0, 0.05) is 16.1 Å². The molecule has 0 unspecified atom stereocenters. The van der Waals surface area contributed by atoms with Crippen molar-refractivity contribution in [1.82, 2.24) is 5.43 Å². The number of hydrazone groups is 1. The van der Waals surface area contributed by atoms with E-state index in [4.69, 9.17) is 30.5 Å². The zero-order chi connectivity index (χ0) is 26.4. The highest BCUT2D eigenvalue weighted by molar-refractivity contribution is 6.31. The zero-order valence-electron chi connectivity index (χ0n) is 20.3. The molecule has 188 valence electrons. The number of fused-ring (bicyclic) bond motifs is 1. The van der Waals surface area contributed by atoms with Crippen LogP contribution >= 0.6 is 11.6 Å². The van der Waals surface area contributed by atoms with Gasteiger partial charge in [0.25, 0.3) is 5.91 Å². The second-order valence-corrected chi connectivity index (χ2v) is 8.15. The van der Waals surface area contributed by atoms with Gasteiger partial charge in [-0.25, -0.2) is 10.2 Å². The number of ether oxygens (including phenoxy) is 4. The number of carbonyl (C=O) groups is 2. The molecule has 4 rings (SSSR count). The van der Waals surface area contributed by atoms with Crippen LogP contribution in [0, 0.1) is 0 Å². The van der Waals surface area contributed by atoms with Gasteiger partial charge in [0.2, 0.25) is 5.75 Å². The number of nitrogens with one attached hydrogen (secondary N) is 1. The molecule has 0 aromatic heterocycles. The molecule has 0 aliphatic rings. The van der Waals surface area contributed by atoms with E-state index in [1.807, 2.05) is 30.3 Å². The molecule has 8 nitrogen and oxygen atoms in total. The smallest absolute Gasteiger partial charge is 0.343 e. The Labute approximate surface area is 218 Å². The topological polar surface area (TPSA) is 95.5 Å². The average molecular weight is 519 g/mol. The summed E-state index contributed by atoms with van der Waals surface area (Å²) in [5, 5.41) is 6.20. The Morgan fingerprint density at radius 3 is 2.24 bits per heavy atom. The first-order valence-electron chi connectivity index (χ1n) is 11.1. The fraction of sp³-hybridized carbons (Fsp3) is 0.107. The first kappa shape index (κ1) is 25.5. The predicted octanol–water partition coefficient (Wildman–Crippen LogP) is 5.50. The maximum absolute atomic E-state index is 13.0. The quantitative estimate of drug-likeness (QED) is 0.143. The normalized spacial score (nSPS) is 10.8. The number of methoxy groups -OCH3 is 3. The number of amides is 1. The van der Waals surface area contributed by atoms with Crippen molar-refractivity contribution >= 4 is 40.5 Å². The Balaban J connectivity index is 1.55. The van der Waals surface area contributed by atoms with E-state index in [0.29, 0.717) is 33.4 Å². The predicted molar refractivity (Wildman–Crippen MR) is 142 cm³/mol. The molecule has 0 atom stereocenters. The van der Waals surface area contributed by atoms with E-state index in [-0.39, 0.29) is 17.2 Å². The molecule has 0 saturated heterocycles. The third-order valence-corrected chi connectivity index (χ3v) is 5.71. The summed E-state index contributed by atoms with van der Waals surface area (Å²) in [5.74, 6) is 0.0989. The molecule has 37 heavy (non-hydrogen) atoms. The van der Waals surface area contributed by atoms with Gasteiger partial charge in [0.05, 0.1) is 33.1 Å². The van der Waals surface area contributed by atoms with Crippen LogP contribution in [-0.4, -0.2) is 39.4 Å². The van der Waals surface area contributed by atoms with Crippen LogP contribution in [0.15, 0.2) is 77.9 Å². The maximum Gasteiger partial charge on any atom is 0.343 e.